The van der Waals surface area contributed by atoms with Crippen LogP contribution < -0.4 is 5.32 Å². The van der Waals surface area contributed by atoms with Crippen molar-refractivity contribution in [1.29, 1.82) is 0 Å². The number of hydrogen-bond acceptors (Lipinski definition) is 7. The molecule has 2 atom stereocenters. The van der Waals surface area contributed by atoms with E-state index < -0.39 is 0 Å². The monoisotopic (exact) mass is 372 g/mol. The normalized spacial score (nSPS) is 20.9. The van der Waals surface area contributed by atoms with Crippen LogP contribution in [0.4, 0.5) is 10.2 Å². The minimum Gasteiger partial charge on any atom is -0.394 e. The topological polar surface area (TPSA) is 88.3 Å². The number of ether oxygens (including phenoxy) is 1. The van der Waals surface area contributed by atoms with Crippen LogP contribution in [0.3, 0.4) is 0 Å². The Labute approximate surface area is 155 Å². The maximum atomic E-state index is 13.1. The molecule has 2 N–H and O–H groups in total. The van der Waals surface area contributed by atoms with Crippen molar-refractivity contribution >= 4 is 17.0 Å². The van der Waals surface area contributed by atoms with Gasteiger partial charge in [0.25, 0.3) is 0 Å². The Kier molecular flexibility index (Phi) is 4.97. The molecule has 4 rings (SSSR count). The molecule has 0 radical (unpaired) electrons. The van der Waals surface area contributed by atoms with Crippen LogP contribution in [0.15, 0.2) is 36.9 Å². The van der Waals surface area contributed by atoms with Crippen molar-refractivity contribution in [2.24, 2.45) is 0 Å². The molecule has 0 aliphatic carbocycles. The average molecular weight is 372 g/mol. The van der Waals surface area contributed by atoms with Gasteiger partial charge in [-0.05, 0) is 17.7 Å². The first-order chi connectivity index (χ1) is 13.2. The van der Waals surface area contributed by atoms with Gasteiger partial charge in [0.2, 0.25) is 0 Å². The van der Waals surface area contributed by atoms with Crippen LogP contribution >= 0.6 is 0 Å². The number of nitrogens with zero attached hydrogens (tertiary/aromatic N) is 5. The minimum atomic E-state index is -0.346. The second kappa shape index (κ2) is 7.55. The molecule has 0 bridgehead atoms. The van der Waals surface area contributed by atoms with Gasteiger partial charge in [-0.1, -0.05) is 12.1 Å². The largest absolute Gasteiger partial charge is 0.394 e. The summed E-state index contributed by atoms with van der Waals surface area (Å²) in [6.45, 7) is 1.74. The number of halogens is 1. The van der Waals surface area contributed by atoms with Gasteiger partial charge >= 0.3 is 0 Å². The summed E-state index contributed by atoms with van der Waals surface area (Å²) < 4.78 is 21.0. The Hall–Kier alpha value is -2.62. The van der Waals surface area contributed by atoms with Crippen molar-refractivity contribution in [2.75, 3.05) is 32.1 Å². The lowest BCUT2D eigenvalue weighted by molar-refractivity contribution is -0.135. The third-order valence-corrected chi connectivity index (χ3v) is 4.65. The van der Waals surface area contributed by atoms with E-state index in [1.807, 2.05) is 4.57 Å². The summed E-state index contributed by atoms with van der Waals surface area (Å²) in [5, 5.41) is 12.7. The zero-order chi connectivity index (χ0) is 18.8. The summed E-state index contributed by atoms with van der Waals surface area (Å²) in [6.07, 6.45) is 2.49. The molecule has 8 nitrogen and oxygen atoms in total. The SMILES string of the molecule is CNc1ncnc2c1ncn2[C@H]1CN(Cc2ccc(F)cc2)C[C@@H](CO)O1. The lowest BCUT2D eigenvalue weighted by atomic mass is 10.1. The molecule has 1 fully saturated rings. The van der Waals surface area contributed by atoms with Crippen molar-refractivity contribution < 1.29 is 14.2 Å². The Balaban J connectivity index is 1.59. The summed E-state index contributed by atoms with van der Waals surface area (Å²) in [5.41, 5.74) is 2.34. The molecule has 2 aromatic heterocycles. The highest BCUT2D eigenvalue weighted by molar-refractivity contribution is 5.82. The number of nitrogens with one attached hydrogen (secondary N) is 1. The molecule has 1 aliphatic heterocycles. The zero-order valence-electron chi connectivity index (χ0n) is 14.9. The minimum absolute atomic E-state index is 0.0835. The highest BCUT2D eigenvalue weighted by Crippen LogP contribution is 2.26. The smallest absolute Gasteiger partial charge is 0.167 e. The lowest BCUT2D eigenvalue weighted by Gasteiger charge is -2.37. The van der Waals surface area contributed by atoms with Gasteiger partial charge in [0.15, 0.2) is 11.5 Å². The molecule has 9 heteroatoms. The maximum absolute atomic E-state index is 13.1. The molecule has 0 unspecified atom stereocenters. The summed E-state index contributed by atoms with van der Waals surface area (Å²) in [4.78, 5) is 15.1. The van der Waals surface area contributed by atoms with Crippen molar-refractivity contribution in [3.63, 3.8) is 0 Å². The molecule has 0 saturated carbocycles. The van der Waals surface area contributed by atoms with E-state index in [4.69, 9.17) is 4.74 Å². The molecular weight excluding hydrogens is 351 g/mol. The van der Waals surface area contributed by atoms with E-state index in [2.05, 4.69) is 25.2 Å². The van der Waals surface area contributed by atoms with E-state index >= 15 is 0 Å². The van der Waals surface area contributed by atoms with Crippen LogP contribution in [-0.2, 0) is 11.3 Å². The molecule has 3 aromatic rings. The van der Waals surface area contributed by atoms with Gasteiger partial charge in [0.05, 0.1) is 19.0 Å². The summed E-state index contributed by atoms with van der Waals surface area (Å²) >= 11 is 0. The molecule has 142 valence electrons. The number of aliphatic hydroxyl groups is 1. The first-order valence-electron chi connectivity index (χ1n) is 8.76. The Morgan fingerprint density at radius 1 is 1.22 bits per heavy atom. The fraction of sp³-hybridized carbons (Fsp3) is 0.389. The fourth-order valence-corrected chi connectivity index (χ4v) is 3.37. The second-order valence-electron chi connectivity index (χ2n) is 6.51. The first kappa shape index (κ1) is 17.8. The summed E-state index contributed by atoms with van der Waals surface area (Å²) in [5.74, 6) is 0.396. The highest BCUT2D eigenvalue weighted by atomic mass is 19.1. The fourth-order valence-electron chi connectivity index (χ4n) is 3.37. The third kappa shape index (κ3) is 3.61. The molecule has 1 saturated heterocycles. The third-order valence-electron chi connectivity index (χ3n) is 4.65. The molecule has 1 aromatic carbocycles. The quantitative estimate of drug-likeness (QED) is 0.700. The van der Waals surface area contributed by atoms with Crippen LogP contribution in [-0.4, -0.2) is 62.4 Å². The van der Waals surface area contributed by atoms with Gasteiger partial charge in [-0.3, -0.25) is 9.47 Å². The van der Waals surface area contributed by atoms with Gasteiger partial charge in [-0.2, -0.15) is 0 Å². The van der Waals surface area contributed by atoms with Crippen molar-refractivity contribution in [3.8, 4) is 0 Å². The second-order valence-corrected chi connectivity index (χ2v) is 6.51. The van der Waals surface area contributed by atoms with Crippen molar-refractivity contribution in [3.05, 3.63) is 48.3 Å². The Morgan fingerprint density at radius 2 is 2.04 bits per heavy atom. The number of aliphatic hydroxyl groups excluding tert-OH is 1. The molecular formula is C18H21FN6O2. The van der Waals surface area contributed by atoms with Crippen LogP contribution in [0.25, 0.3) is 11.2 Å². The van der Waals surface area contributed by atoms with Crippen molar-refractivity contribution in [1.82, 2.24) is 24.4 Å². The van der Waals surface area contributed by atoms with E-state index in [1.165, 1.54) is 18.5 Å². The molecule has 0 amide bonds. The number of fused-ring (bicyclic) bond motifs is 1. The average Bonchev–Trinajstić information content (AvgIpc) is 3.13. The number of benzene rings is 1. The number of aromatic nitrogens is 4. The standard InChI is InChI=1S/C18H21FN6O2/c1-20-17-16-18(22-10-21-17)25(11-23-16)15-8-24(7-14(9-26)27-15)6-12-2-4-13(19)5-3-12/h2-5,10-11,14-15,26H,6-9H2,1H3,(H,20,21,22)/t14-,15+/m0/s1. The van der Waals surface area contributed by atoms with E-state index in [-0.39, 0.29) is 24.8 Å². The van der Waals surface area contributed by atoms with Gasteiger partial charge in [-0.15, -0.1) is 0 Å². The van der Waals surface area contributed by atoms with E-state index in [0.717, 1.165) is 5.56 Å². The number of morpholine rings is 1. The number of imidazole rings is 1. The van der Waals surface area contributed by atoms with Gasteiger partial charge in [0, 0.05) is 26.7 Å². The summed E-state index contributed by atoms with van der Waals surface area (Å²) in [7, 11) is 1.78. The summed E-state index contributed by atoms with van der Waals surface area (Å²) in [6, 6.07) is 6.45. The van der Waals surface area contributed by atoms with E-state index in [1.54, 1.807) is 25.5 Å². The molecule has 27 heavy (non-hydrogen) atoms. The van der Waals surface area contributed by atoms with Gasteiger partial charge in [-0.25, -0.2) is 19.3 Å². The van der Waals surface area contributed by atoms with Crippen molar-refractivity contribution in [2.45, 2.75) is 18.9 Å². The highest BCUT2D eigenvalue weighted by Gasteiger charge is 2.30. The van der Waals surface area contributed by atoms with Crippen LogP contribution in [0.5, 0.6) is 0 Å². The van der Waals surface area contributed by atoms with Crippen LogP contribution in [0.1, 0.15) is 11.8 Å². The van der Waals surface area contributed by atoms with E-state index in [9.17, 15) is 9.50 Å². The molecule has 0 spiro atoms. The predicted octanol–water partition coefficient (Wildman–Crippen LogP) is 1.40. The maximum Gasteiger partial charge on any atom is 0.167 e. The van der Waals surface area contributed by atoms with Crippen LogP contribution in [0, 0.1) is 5.82 Å². The number of anilines is 1. The van der Waals surface area contributed by atoms with Gasteiger partial charge < -0.3 is 15.2 Å². The predicted molar refractivity (Wildman–Crippen MR) is 97.5 cm³/mol. The molecule has 1 aliphatic rings. The molecule has 3 heterocycles. The first-order valence-corrected chi connectivity index (χ1v) is 8.76. The van der Waals surface area contributed by atoms with Crippen LogP contribution in [0.2, 0.25) is 0 Å². The lowest BCUT2D eigenvalue weighted by Crippen LogP contribution is -2.46. The Bertz CT molecular complexity index is 916. The number of rotatable bonds is 5. The number of hydrogen-bond donors (Lipinski definition) is 2. The van der Waals surface area contributed by atoms with Gasteiger partial charge in [0.1, 0.15) is 23.9 Å². The Morgan fingerprint density at radius 3 is 2.78 bits per heavy atom. The van der Waals surface area contributed by atoms with E-state index in [0.29, 0.717) is 36.6 Å². The zero-order valence-corrected chi connectivity index (χ0v) is 14.9.